The number of phenols is 1. The molecule has 0 bridgehead atoms. The van der Waals surface area contributed by atoms with Gasteiger partial charge < -0.3 is 10.2 Å². The van der Waals surface area contributed by atoms with Crippen molar-refractivity contribution >= 4 is 0 Å². The fourth-order valence-electron chi connectivity index (χ4n) is 4.62. The van der Waals surface area contributed by atoms with E-state index in [4.69, 9.17) is 0 Å². The number of hydrogen-bond acceptors (Lipinski definition) is 2. The quantitative estimate of drug-likeness (QED) is 0.286. The molecule has 2 nitrogen and oxygen atoms in total. The van der Waals surface area contributed by atoms with E-state index in [9.17, 15) is 10.2 Å². The van der Waals surface area contributed by atoms with Gasteiger partial charge in [-0.15, -0.1) is 0 Å². The van der Waals surface area contributed by atoms with Crippen LogP contribution in [0.25, 0.3) is 33.4 Å². The van der Waals surface area contributed by atoms with E-state index in [0.29, 0.717) is 6.42 Å². The zero-order chi connectivity index (χ0) is 23.3. The molecule has 5 aromatic rings. The third-order valence-electron chi connectivity index (χ3n) is 6.22. The summed E-state index contributed by atoms with van der Waals surface area (Å²) in [7, 11) is 0. The van der Waals surface area contributed by atoms with E-state index in [1.807, 2.05) is 42.5 Å². The van der Waals surface area contributed by atoms with Crippen LogP contribution in [-0.4, -0.2) is 10.2 Å². The van der Waals surface area contributed by atoms with Gasteiger partial charge in [-0.1, -0.05) is 103 Å². The van der Waals surface area contributed by atoms with Crippen molar-refractivity contribution in [2.45, 2.75) is 13.0 Å². The summed E-state index contributed by atoms with van der Waals surface area (Å²) in [4.78, 5) is 0. The maximum atomic E-state index is 10.5. The fourth-order valence-corrected chi connectivity index (χ4v) is 4.62. The number of phenolic OH excluding ortho intramolecular Hbond substituents is 1. The lowest BCUT2D eigenvalue weighted by Crippen LogP contribution is -2.04. The number of hydrogen-bond donors (Lipinski definition) is 2. The van der Waals surface area contributed by atoms with Crippen LogP contribution in [0.3, 0.4) is 0 Å². The van der Waals surface area contributed by atoms with Gasteiger partial charge in [-0.2, -0.15) is 0 Å². The third-order valence-corrected chi connectivity index (χ3v) is 6.22. The molecule has 0 fully saturated rings. The molecule has 0 saturated carbocycles. The van der Waals surface area contributed by atoms with E-state index in [-0.39, 0.29) is 12.4 Å². The highest BCUT2D eigenvalue weighted by atomic mass is 16.3. The highest BCUT2D eigenvalue weighted by Crippen LogP contribution is 2.44. The van der Waals surface area contributed by atoms with Gasteiger partial charge in [-0.3, -0.25) is 0 Å². The Bertz CT molecular complexity index is 1370. The molecule has 2 N–H and O–H groups in total. The van der Waals surface area contributed by atoms with Gasteiger partial charge >= 0.3 is 0 Å². The first-order chi connectivity index (χ1) is 16.7. The molecule has 0 unspecified atom stereocenters. The maximum Gasteiger partial charge on any atom is 0.115 e. The first-order valence-corrected chi connectivity index (χ1v) is 11.5. The maximum absolute atomic E-state index is 10.5. The minimum atomic E-state index is -0.0440. The molecule has 0 amide bonds. The summed E-state index contributed by atoms with van der Waals surface area (Å²) in [5, 5.41) is 20.5. The van der Waals surface area contributed by atoms with Crippen molar-refractivity contribution in [3.05, 3.63) is 138 Å². The number of aliphatic hydroxyl groups excluding tert-OH is 1. The smallest absolute Gasteiger partial charge is 0.115 e. The second-order valence-corrected chi connectivity index (χ2v) is 8.41. The molecule has 0 heterocycles. The Morgan fingerprint density at radius 2 is 1.06 bits per heavy atom. The molecule has 34 heavy (non-hydrogen) atoms. The van der Waals surface area contributed by atoms with E-state index < -0.39 is 0 Å². The Hall–Kier alpha value is -4.14. The second kappa shape index (κ2) is 9.78. The van der Waals surface area contributed by atoms with Gasteiger partial charge in [0.2, 0.25) is 0 Å². The van der Waals surface area contributed by atoms with Crippen LogP contribution in [0.5, 0.6) is 5.75 Å². The molecule has 0 aliphatic heterocycles. The van der Waals surface area contributed by atoms with Crippen molar-refractivity contribution in [3.8, 4) is 39.1 Å². The van der Waals surface area contributed by atoms with Gasteiger partial charge in [-0.25, -0.2) is 0 Å². The van der Waals surface area contributed by atoms with Gasteiger partial charge in [0, 0.05) is 0 Å². The summed E-state index contributed by atoms with van der Waals surface area (Å²) in [5.74, 6) is 0.239. The fraction of sp³-hybridized carbons (Fsp3) is 0.0625. The van der Waals surface area contributed by atoms with Gasteiger partial charge in [0.1, 0.15) is 5.75 Å². The van der Waals surface area contributed by atoms with Gasteiger partial charge in [0.15, 0.2) is 0 Å². The third kappa shape index (κ3) is 4.36. The van der Waals surface area contributed by atoms with E-state index in [1.54, 1.807) is 12.1 Å². The van der Waals surface area contributed by atoms with Gasteiger partial charge in [0.25, 0.3) is 0 Å². The Morgan fingerprint density at radius 1 is 0.529 bits per heavy atom. The topological polar surface area (TPSA) is 40.5 Å². The minimum absolute atomic E-state index is 0.0440. The molecule has 0 atom stereocenters. The summed E-state index contributed by atoms with van der Waals surface area (Å²) in [6.45, 7) is -0.0440. The lowest BCUT2D eigenvalue weighted by Gasteiger charge is -2.23. The summed E-state index contributed by atoms with van der Waals surface area (Å²) < 4.78 is 0. The number of rotatable bonds is 6. The molecule has 166 valence electrons. The van der Waals surface area contributed by atoms with Crippen LogP contribution < -0.4 is 0 Å². The zero-order valence-corrected chi connectivity index (χ0v) is 18.9. The van der Waals surface area contributed by atoms with Crippen LogP contribution in [-0.2, 0) is 13.0 Å². The predicted molar refractivity (Wildman–Crippen MR) is 140 cm³/mol. The molecule has 5 rings (SSSR count). The van der Waals surface area contributed by atoms with Crippen LogP contribution in [0.15, 0.2) is 121 Å². The van der Waals surface area contributed by atoms with Crippen molar-refractivity contribution in [1.29, 1.82) is 0 Å². The molecular formula is C32H26O2. The number of aliphatic hydroxyl groups is 1. The van der Waals surface area contributed by atoms with Crippen LogP contribution in [0.4, 0.5) is 0 Å². The molecule has 5 aromatic carbocycles. The number of benzene rings is 5. The standard InChI is InChI=1S/C32H26O2/c33-22-27-21-30(24-12-6-2-7-13-24)32(26-16-18-28(34)19-17-26)31(25-14-8-3-9-15-25)29(27)20-23-10-4-1-5-11-23/h1-19,21,33-34H,20,22H2. The number of aromatic hydroxyl groups is 1. The largest absolute Gasteiger partial charge is 0.508 e. The summed E-state index contributed by atoms with van der Waals surface area (Å²) >= 11 is 0. The summed E-state index contributed by atoms with van der Waals surface area (Å²) in [5.41, 5.74) is 9.71. The van der Waals surface area contributed by atoms with Crippen molar-refractivity contribution in [2.75, 3.05) is 0 Å². The van der Waals surface area contributed by atoms with E-state index in [0.717, 1.165) is 44.5 Å². The lowest BCUT2D eigenvalue weighted by molar-refractivity contribution is 0.281. The van der Waals surface area contributed by atoms with Gasteiger partial charge in [-0.05, 0) is 74.7 Å². The molecular weight excluding hydrogens is 416 g/mol. The molecule has 0 radical (unpaired) electrons. The lowest BCUT2D eigenvalue weighted by atomic mass is 9.81. The van der Waals surface area contributed by atoms with E-state index >= 15 is 0 Å². The van der Waals surface area contributed by atoms with Crippen molar-refractivity contribution < 1.29 is 10.2 Å². The molecule has 0 aliphatic carbocycles. The van der Waals surface area contributed by atoms with Crippen molar-refractivity contribution in [1.82, 2.24) is 0 Å². The SMILES string of the molecule is OCc1cc(-c2ccccc2)c(-c2ccc(O)cc2)c(-c2ccccc2)c1Cc1ccccc1. The van der Waals surface area contributed by atoms with Crippen LogP contribution in [0.2, 0.25) is 0 Å². The normalized spacial score (nSPS) is 10.9. The van der Waals surface area contributed by atoms with Crippen molar-refractivity contribution in [3.63, 3.8) is 0 Å². The minimum Gasteiger partial charge on any atom is -0.508 e. The van der Waals surface area contributed by atoms with E-state index in [2.05, 4.69) is 66.7 Å². The first kappa shape index (κ1) is 21.7. The summed E-state index contributed by atoms with van der Waals surface area (Å²) in [6, 6.07) is 40.6. The Labute approximate surface area is 200 Å². The highest BCUT2D eigenvalue weighted by molar-refractivity contribution is 5.97. The van der Waals surface area contributed by atoms with Crippen LogP contribution in [0, 0.1) is 0 Å². The average Bonchev–Trinajstić information content (AvgIpc) is 2.90. The average molecular weight is 443 g/mol. The molecule has 0 saturated heterocycles. The first-order valence-electron chi connectivity index (χ1n) is 11.5. The Kier molecular flexibility index (Phi) is 6.24. The molecule has 2 heteroatoms. The van der Waals surface area contributed by atoms with Crippen LogP contribution >= 0.6 is 0 Å². The monoisotopic (exact) mass is 442 g/mol. The molecule has 0 aliphatic rings. The van der Waals surface area contributed by atoms with Crippen LogP contribution in [0.1, 0.15) is 16.7 Å². The Morgan fingerprint density at radius 3 is 1.65 bits per heavy atom. The molecule has 0 aromatic heterocycles. The second-order valence-electron chi connectivity index (χ2n) is 8.41. The predicted octanol–water partition coefficient (Wildman–Crippen LogP) is 7.48. The highest BCUT2D eigenvalue weighted by Gasteiger charge is 2.21. The molecule has 0 spiro atoms. The zero-order valence-electron chi connectivity index (χ0n) is 18.9. The summed E-state index contributed by atoms with van der Waals surface area (Å²) in [6.07, 6.45) is 0.709. The Balaban J connectivity index is 1.89. The van der Waals surface area contributed by atoms with Gasteiger partial charge in [0.05, 0.1) is 6.61 Å². The van der Waals surface area contributed by atoms with E-state index in [1.165, 1.54) is 5.56 Å². The van der Waals surface area contributed by atoms with Crippen molar-refractivity contribution in [2.24, 2.45) is 0 Å².